The molecule has 16 heteroatoms. The monoisotopic (exact) mass is 777 g/mol. The Morgan fingerprint density at radius 2 is 1.67 bits per heavy atom. The van der Waals surface area contributed by atoms with Crippen molar-refractivity contribution in [3.8, 4) is 17.0 Å². The number of piperazine rings is 1. The van der Waals surface area contributed by atoms with Crippen LogP contribution in [0.15, 0.2) is 85.5 Å². The summed E-state index contributed by atoms with van der Waals surface area (Å²) in [5, 5.41) is 42.4. The minimum absolute atomic E-state index is 0.157. The van der Waals surface area contributed by atoms with Gasteiger partial charge in [-0.1, -0.05) is 23.4 Å². The van der Waals surface area contributed by atoms with Gasteiger partial charge in [0.2, 0.25) is 11.9 Å². The number of para-hydroxylation sites is 1. The Morgan fingerprint density at radius 1 is 0.845 bits per heavy atom. The van der Waals surface area contributed by atoms with Crippen molar-refractivity contribution >= 4 is 45.3 Å². The molecule has 3 fully saturated rings. The first kappa shape index (κ1) is 35.7. The van der Waals surface area contributed by atoms with Gasteiger partial charge in [-0.15, -0.1) is 15.3 Å². The minimum atomic E-state index is -0.813. The molecule has 0 radical (unpaired) electrons. The Morgan fingerprint density at radius 3 is 2.48 bits per heavy atom. The number of carbonyl (C=O) groups is 1. The molecule has 0 saturated carbocycles. The number of pyridine rings is 1. The number of aliphatic hydroxyl groups excluding tert-OH is 1. The zero-order chi connectivity index (χ0) is 39.3. The van der Waals surface area contributed by atoms with E-state index in [1.54, 1.807) is 18.3 Å². The normalized spacial score (nSPS) is 20.6. The van der Waals surface area contributed by atoms with Crippen molar-refractivity contribution in [1.29, 1.82) is 0 Å². The van der Waals surface area contributed by atoms with E-state index >= 15 is 0 Å². The number of amides is 1. The Kier molecular flexibility index (Phi) is 9.04. The van der Waals surface area contributed by atoms with Crippen LogP contribution in [0, 0.1) is 0 Å². The molecule has 4 atom stereocenters. The number of nitrogens with two attached hydrogens (primary N) is 1. The lowest BCUT2D eigenvalue weighted by atomic mass is 10.0. The molecule has 3 saturated heterocycles. The van der Waals surface area contributed by atoms with Crippen LogP contribution in [-0.2, 0) is 24.2 Å². The van der Waals surface area contributed by atoms with Crippen molar-refractivity contribution in [2.24, 2.45) is 0 Å². The third-order valence-electron chi connectivity index (χ3n) is 11.8. The van der Waals surface area contributed by atoms with Gasteiger partial charge in [0, 0.05) is 66.3 Å². The minimum Gasteiger partial charge on any atom is -0.507 e. The highest BCUT2D eigenvalue weighted by molar-refractivity contribution is 6.08. The topological polar surface area (TPSA) is 202 Å². The number of aromatic nitrogens is 9. The van der Waals surface area contributed by atoms with Crippen LogP contribution in [0.2, 0.25) is 0 Å². The Bertz CT molecular complexity index is 2630. The largest absolute Gasteiger partial charge is 0.507 e. The first-order chi connectivity index (χ1) is 28.4. The highest BCUT2D eigenvalue weighted by atomic mass is 16.3. The molecule has 2 aromatic carbocycles. The molecule has 5 aromatic heterocycles. The number of aryl methyl sites for hydroxylation is 2. The number of rotatable bonds is 10. The number of benzene rings is 2. The maximum atomic E-state index is 12.9. The molecule has 0 spiro atoms. The number of hydrogen-bond acceptors (Lipinski definition) is 13. The van der Waals surface area contributed by atoms with E-state index in [1.807, 2.05) is 64.2 Å². The second-order valence-electron chi connectivity index (χ2n) is 15.6. The number of carbonyl (C=O) groups excluding carboxylic acids is 1. The summed E-state index contributed by atoms with van der Waals surface area (Å²) in [6.07, 6.45) is 12.4. The SMILES string of the molecule is Nc1nnc(-c2ccccc2O)cc1N1CC2CCC(C1)N2c1ncc(CCCc2cn(Cc3ccc4c(c3)c3cccnc3n4C3CCC(O)NC3=O)nn2)cn1. The van der Waals surface area contributed by atoms with Gasteiger partial charge in [0.05, 0.1) is 29.1 Å². The molecule has 0 aliphatic carbocycles. The summed E-state index contributed by atoms with van der Waals surface area (Å²) < 4.78 is 3.87. The Hall–Kier alpha value is -6.68. The molecule has 58 heavy (non-hydrogen) atoms. The number of piperidine rings is 1. The van der Waals surface area contributed by atoms with Crippen molar-refractivity contribution in [3.05, 3.63) is 102 Å². The van der Waals surface area contributed by atoms with Gasteiger partial charge in [-0.2, -0.15) is 0 Å². The highest BCUT2D eigenvalue weighted by Gasteiger charge is 2.42. The second-order valence-corrected chi connectivity index (χ2v) is 15.6. The fraction of sp³-hybridized carbons (Fsp3) is 0.333. The molecular formula is C42H43N13O3. The molecule has 294 valence electrons. The fourth-order valence-electron chi connectivity index (χ4n) is 9.06. The van der Waals surface area contributed by atoms with Crippen LogP contribution in [0.1, 0.15) is 55.0 Å². The molecule has 10 rings (SSSR count). The van der Waals surface area contributed by atoms with E-state index in [2.05, 4.69) is 52.7 Å². The van der Waals surface area contributed by atoms with Crippen LogP contribution in [-0.4, -0.2) is 92.2 Å². The van der Waals surface area contributed by atoms with Gasteiger partial charge < -0.3 is 35.6 Å². The molecule has 5 N–H and O–H groups in total. The lowest BCUT2D eigenvalue weighted by Gasteiger charge is -2.42. The summed E-state index contributed by atoms with van der Waals surface area (Å²) in [4.78, 5) is 31.8. The van der Waals surface area contributed by atoms with Gasteiger partial charge in [0.25, 0.3) is 0 Å². The smallest absolute Gasteiger partial charge is 0.245 e. The molecule has 7 aromatic rings. The van der Waals surface area contributed by atoms with E-state index in [-0.39, 0.29) is 23.7 Å². The number of fused-ring (bicyclic) bond motifs is 5. The highest BCUT2D eigenvalue weighted by Crippen LogP contribution is 2.38. The van der Waals surface area contributed by atoms with Crippen molar-refractivity contribution in [1.82, 2.24) is 50.0 Å². The predicted octanol–water partition coefficient (Wildman–Crippen LogP) is 4.17. The van der Waals surface area contributed by atoms with E-state index in [9.17, 15) is 15.0 Å². The average molecular weight is 778 g/mol. The number of aromatic hydroxyl groups is 1. The molecule has 3 aliphatic rings. The van der Waals surface area contributed by atoms with E-state index in [0.29, 0.717) is 36.5 Å². The van der Waals surface area contributed by atoms with Gasteiger partial charge in [0.1, 0.15) is 23.7 Å². The van der Waals surface area contributed by atoms with Crippen LogP contribution >= 0.6 is 0 Å². The standard InChI is InChI=1S/C42H43N13O3/c43-39-36(18-33(49-50-39)31-7-1-2-9-37(31)56)52-23-28-11-12-29(24-52)54(28)42-45-19-26(20-46-42)5-3-6-27-22-53(51-48-27)21-25-10-13-34-32(17-25)30-8-4-16-44-40(30)55(34)35-14-15-38(57)47-41(35)58/h1-2,4,7-10,13,16-20,22,28-29,35,38,56-57H,3,5-6,11-12,14-15,21,23-24H2,(H2,43,50)(H,47,58). The van der Waals surface area contributed by atoms with E-state index < -0.39 is 12.3 Å². The predicted molar refractivity (Wildman–Crippen MR) is 218 cm³/mol. The van der Waals surface area contributed by atoms with E-state index in [4.69, 9.17) is 15.7 Å². The molecule has 8 heterocycles. The third-order valence-corrected chi connectivity index (χ3v) is 11.8. The van der Waals surface area contributed by atoms with Gasteiger partial charge >= 0.3 is 0 Å². The first-order valence-corrected chi connectivity index (χ1v) is 19.9. The molecule has 4 unspecified atom stereocenters. The zero-order valence-corrected chi connectivity index (χ0v) is 31.8. The van der Waals surface area contributed by atoms with E-state index in [0.717, 1.165) is 95.6 Å². The summed E-state index contributed by atoms with van der Waals surface area (Å²) in [6.45, 7) is 2.09. The summed E-state index contributed by atoms with van der Waals surface area (Å²) in [6, 6.07) is 19.3. The number of phenols is 1. The molecule has 1 amide bonds. The number of nitrogen functional groups attached to an aromatic ring is 1. The number of phenolic OH excluding ortho intramolecular Hbond substituents is 1. The van der Waals surface area contributed by atoms with Gasteiger partial charge in [-0.05, 0) is 98.5 Å². The van der Waals surface area contributed by atoms with Crippen LogP contribution in [0.5, 0.6) is 5.75 Å². The van der Waals surface area contributed by atoms with Crippen LogP contribution < -0.4 is 20.9 Å². The lowest BCUT2D eigenvalue weighted by Crippen LogP contribution is -2.54. The first-order valence-electron chi connectivity index (χ1n) is 19.9. The Balaban J connectivity index is 0.760. The number of hydrogen-bond donors (Lipinski definition) is 4. The van der Waals surface area contributed by atoms with Gasteiger partial charge in [0.15, 0.2) is 5.82 Å². The van der Waals surface area contributed by atoms with Gasteiger partial charge in [-0.25, -0.2) is 19.6 Å². The fourth-order valence-corrected chi connectivity index (χ4v) is 9.06. The second kappa shape index (κ2) is 14.7. The third kappa shape index (κ3) is 6.58. The number of nitrogens with zero attached hydrogens (tertiary/aromatic N) is 11. The zero-order valence-electron chi connectivity index (χ0n) is 31.8. The molecule has 16 nitrogen and oxygen atoms in total. The van der Waals surface area contributed by atoms with Crippen LogP contribution in [0.4, 0.5) is 17.5 Å². The van der Waals surface area contributed by atoms with Crippen LogP contribution in [0.25, 0.3) is 33.2 Å². The molecular weight excluding hydrogens is 735 g/mol. The molecule has 3 aliphatic heterocycles. The summed E-state index contributed by atoms with van der Waals surface area (Å²) >= 11 is 0. The maximum Gasteiger partial charge on any atom is 0.245 e. The van der Waals surface area contributed by atoms with Crippen LogP contribution in [0.3, 0.4) is 0 Å². The number of anilines is 3. The Labute approximate surface area is 333 Å². The summed E-state index contributed by atoms with van der Waals surface area (Å²) in [5.74, 6) is 1.10. The summed E-state index contributed by atoms with van der Waals surface area (Å²) in [7, 11) is 0. The quantitative estimate of drug-likeness (QED) is 0.154. The number of aliphatic hydroxyl groups is 1. The van der Waals surface area contributed by atoms with Gasteiger partial charge in [-0.3, -0.25) is 4.79 Å². The lowest BCUT2D eigenvalue weighted by molar-refractivity contribution is -0.130. The van der Waals surface area contributed by atoms with Crippen molar-refractivity contribution in [3.63, 3.8) is 0 Å². The van der Waals surface area contributed by atoms with E-state index in [1.165, 1.54) is 0 Å². The number of nitrogens with one attached hydrogen (secondary N) is 1. The summed E-state index contributed by atoms with van der Waals surface area (Å²) in [5.41, 5.74) is 13.1. The van der Waals surface area contributed by atoms with Crippen molar-refractivity contribution in [2.75, 3.05) is 28.6 Å². The van der Waals surface area contributed by atoms with Crippen molar-refractivity contribution < 1.29 is 15.0 Å². The average Bonchev–Trinajstić information content (AvgIpc) is 3.89. The molecule has 2 bridgehead atoms. The van der Waals surface area contributed by atoms with Crippen molar-refractivity contribution in [2.45, 2.75) is 75.8 Å². The maximum absolute atomic E-state index is 12.9.